The first kappa shape index (κ1) is 17.1. The molecule has 0 spiro atoms. The molecule has 4 aliphatic rings. The summed E-state index contributed by atoms with van der Waals surface area (Å²) in [5.74, 6) is 2.26. The summed E-state index contributed by atoms with van der Waals surface area (Å²) in [6.45, 7) is 4.27. The van der Waals surface area contributed by atoms with Gasteiger partial charge in [-0.3, -0.25) is 4.79 Å². The summed E-state index contributed by atoms with van der Waals surface area (Å²) in [4.78, 5) is 15.7. The Morgan fingerprint density at radius 2 is 1.69 bits per heavy atom. The van der Waals surface area contributed by atoms with E-state index in [9.17, 15) is 4.79 Å². The van der Waals surface area contributed by atoms with Gasteiger partial charge in [0.05, 0.1) is 0 Å². The molecule has 3 heteroatoms. The SMILES string of the molecule is Cc1ccccc1C(=O)Nc1ccc2c3c1[C@@H]1C=CC[C@@H]1CN3C[C@H]1CC=C[C@@H]21. The summed E-state index contributed by atoms with van der Waals surface area (Å²) in [5.41, 5.74) is 6.95. The molecule has 6 rings (SSSR count). The van der Waals surface area contributed by atoms with Gasteiger partial charge in [-0.25, -0.2) is 0 Å². The van der Waals surface area contributed by atoms with Crippen LogP contribution in [-0.4, -0.2) is 19.0 Å². The summed E-state index contributed by atoms with van der Waals surface area (Å²) in [6, 6.07) is 12.2. The van der Waals surface area contributed by atoms with E-state index in [1.807, 2.05) is 31.2 Å². The van der Waals surface area contributed by atoms with Crippen molar-refractivity contribution in [1.29, 1.82) is 0 Å². The molecule has 2 aliphatic heterocycles. The number of fused-ring (bicyclic) bond motifs is 4. The minimum atomic E-state index is -0.00982. The second kappa shape index (κ2) is 6.35. The quantitative estimate of drug-likeness (QED) is 0.705. The highest BCUT2D eigenvalue weighted by Gasteiger charge is 2.43. The largest absolute Gasteiger partial charge is 0.370 e. The first-order chi connectivity index (χ1) is 14.2. The molecule has 0 radical (unpaired) electrons. The lowest BCUT2D eigenvalue weighted by atomic mass is 9.74. The summed E-state index contributed by atoms with van der Waals surface area (Å²) in [7, 11) is 0. The van der Waals surface area contributed by atoms with Gasteiger partial charge in [0.2, 0.25) is 0 Å². The second-order valence-corrected chi connectivity index (χ2v) is 9.04. The van der Waals surface area contributed by atoms with E-state index in [1.54, 1.807) is 0 Å². The number of nitrogens with one attached hydrogen (secondary N) is 1. The fourth-order valence-electron chi connectivity index (χ4n) is 6.01. The van der Waals surface area contributed by atoms with Crippen LogP contribution in [0.15, 0.2) is 60.7 Å². The predicted octanol–water partition coefficient (Wildman–Crippen LogP) is 5.40. The Labute approximate surface area is 172 Å². The molecule has 0 bridgehead atoms. The van der Waals surface area contributed by atoms with Crippen molar-refractivity contribution in [3.05, 3.63) is 83.0 Å². The van der Waals surface area contributed by atoms with Crippen molar-refractivity contribution in [2.24, 2.45) is 11.8 Å². The van der Waals surface area contributed by atoms with E-state index < -0.39 is 0 Å². The number of aryl methyl sites for hydroxylation is 1. The highest BCUT2D eigenvalue weighted by atomic mass is 16.1. The third-order valence-corrected chi connectivity index (χ3v) is 7.38. The second-order valence-electron chi connectivity index (χ2n) is 9.04. The molecule has 2 heterocycles. The third kappa shape index (κ3) is 2.53. The molecule has 146 valence electrons. The van der Waals surface area contributed by atoms with Crippen molar-refractivity contribution in [2.75, 3.05) is 23.3 Å². The molecule has 3 nitrogen and oxygen atoms in total. The number of amides is 1. The van der Waals surface area contributed by atoms with E-state index in [2.05, 4.69) is 46.7 Å². The van der Waals surface area contributed by atoms with Crippen LogP contribution in [0.4, 0.5) is 11.4 Å². The van der Waals surface area contributed by atoms with Crippen molar-refractivity contribution in [1.82, 2.24) is 0 Å². The highest BCUT2D eigenvalue weighted by molar-refractivity contribution is 6.06. The van der Waals surface area contributed by atoms with E-state index in [-0.39, 0.29) is 5.91 Å². The fraction of sp³-hybridized carbons (Fsp3) is 0.346. The zero-order valence-electron chi connectivity index (χ0n) is 16.8. The summed E-state index contributed by atoms with van der Waals surface area (Å²) in [6.07, 6.45) is 11.8. The van der Waals surface area contributed by atoms with Crippen LogP contribution >= 0.6 is 0 Å². The number of hydrogen-bond acceptors (Lipinski definition) is 2. The molecule has 29 heavy (non-hydrogen) atoms. The Bertz CT molecular complexity index is 1060. The summed E-state index contributed by atoms with van der Waals surface area (Å²) in [5, 5.41) is 3.28. The van der Waals surface area contributed by atoms with Crippen molar-refractivity contribution >= 4 is 17.3 Å². The topological polar surface area (TPSA) is 32.3 Å². The average molecular weight is 383 g/mol. The van der Waals surface area contributed by atoms with Crippen molar-refractivity contribution < 1.29 is 4.79 Å². The number of nitrogens with zero attached hydrogens (tertiary/aromatic N) is 1. The molecule has 1 N–H and O–H groups in total. The first-order valence-electron chi connectivity index (χ1n) is 10.8. The van der Waals surface area contributed by atoms with Crippen LogP contribution in [0.1, 0.15) is 51.7 Å². The molecule has 0 aromatic heterocycles. The lowest BCUT2D eigenvalue weighted by molar-refractivity contribution is 0.102. The number of anilines is 2. The number of benzene rings is 2. The lowest BCUT2D eigenvalue weighted by Crippen LogP contribution is -2.44. The van der Waals surface area contributed by atoms with E-state index >= 15 is 0 Å². The minimum Gasteiger partial charge on any atom is -0.370 e. The van der Waals surface area contributed by atoms with Crippen molar-refractivity contribution in [3.63, 3.8) is 0 Å². The van der Waals surface area contributed by atoms with Crippen LogP contribution in [0.25, 0.3) is 0 Å². The van der Waals surface area contributed by atoms with Crippen LogP contribution in [0.5, 0.6) is 0 Å². The Kier molecular flexibility index (Phi) is 3.74. The lowest BCUT2D eigenvalue weighted by Gasteiger charge is -2.46. The van der Waals surface area contributed by atoms with Crippen LogP contribution in [0.3, 0.4) is 0 Å². The third-order valence-electron chi connectivity index (χ3n) is 7.38. The van der Waals surface area contributed by atoms with Gasteiger partial charge in [-0.05, 0) is 54.9 Å². The van der Waals surface area contributed by atoms with Gasteiger partial charge in [-0.1, -0.05) is 48.6 Å². The highest BCUT2D eigenvalue weighted by Crippen LogP contribution is 2.54. The Morgan fingerprint density at radius 1 is 0.966 bits per heavy atom. The van der Waals surface area contributed by atoms with Crippen LogP contribution in [-0.2, 0) is 0 Å². The minimum absolute atomic E-state index is 0.00982. The van der Waals surface area contributed by atoms with Crippen LogP contribution < -0.4 is 10.2 Å². The van der Waals surface area contributed by atoms with Crippen LogP contribution in [0.2, 0.25) is 0 Å². The molecule has 0 saturated carbocycles. The number of carbonyl (C=O) groups excluding carboxylic acids is 1. The molecule has 2 aromatic carbocycles. The molecule has 0 unspecified atom stereocenters. The average Bonchev–Trinajstić information content (AvgIpc) is 3.38. The molecule has 0 saturated heterocycles. The fourth-order valence-corrected chi connectivity index (χ4v) is 6.01. The standard InChI is InChI=1S/C26H26N2O/c1-16-6-2-3-9-19(16)26(29)27-23-13-12-22-20-10-4-7-17(20)14-28-15-18-8-5-11-21(18)24(23)25(22)28/h2-6,9-13,17-18,20-21H,7-8,14-15H2,1H3,(H,27,29)/t17-,18-,20-,21-/m1/s1. The molecule has 2 aliphatic carbocycles. The predicted molar refractivity (Wildman–Crippen MR) is 118 cm³/mol. The zero-order chi connectivity index (χ0) is 19.5. The maximum Gasteiger partial charge on any atom is 0.255 e. The number of allylic oxidation sites excluding steroid dienone is 4. The van der Waals surface area contributed by atoms with Crippen molar-refractivity contribution in [3.8, 4) is 0 Å². The Balaban J connectivity index is 1.47. The Hall–Kier alpha value is -2.81. The molecular formula is C26H26N2O. The maximum atomic E-state index is 13.1. The van der Waals surface area contributed by atoms with Gasteiger partial charge >= 0.3 is 0 Å². The van der Waals surface area contributed by atoms with Gasteiger partial charge in [0, 0.05) is 47.4 Å². The van der Waals surface area contributed by atoms with Gasteiger partial charge in [-0.15, -0.1) is 0 Å². The van der Waals surface area contributed by atoms with E-state index in [0.29, 0.717) is 23.7 Å². The van der Waals surface area contributed by atoms with Gasteiger partial charge < -0.3 is 10.2 Å². The normalized spacial score (nSPS) is 28.1. The molecular weight excluding hydrogens is 356 g/mol. The maximum absolute atomic E-state index is 13.1. The molecule has 2 aromatic rings. The van der Waals surface area contributed by atoms with Gasteiger partial charge in [0.25, 0.3) is 5.91 Å². The molecule has 0 fully saturated rings. The monoisotopic (exact) mass is 382 g/mol. The van der Waals surface area contributed by atoms with E-state index in [0.717, 1.165) is 36.3 Å². The van der Waals surface area contributed by atoms with Crippen molar-refractivity contribution in [2.45, 2.75) is 31.6 Å². The van der Waals surface area contributed by atoms with Gasteiger partial charge in [0.1, 0.15) is 0 Å². The van der Waals surface area contributed by atoms with Crippen LogP contribution in [0, 0.1) is 18.8 Å². The number of rotatable bonds is 2. The van der Waals surface area contributed by atoms with Gasteiger partial charge in [0.15, 0.2) is 0 Å². The van der Waals surface area contributed by atoms with Gasteiger partial charge in [-0.2, -0.15) is 0 Å². The zero-order valence-corrected chi connectivity index (χ0v) is 16.8. The smallest absolute Gasteiger partial charge is 0.255 e. The Morgan fingerprint density at radius 3 is 2.48 bits per heavy atom. The molecule has 4 atom stereocenters. The summed E-state index contributed by atoms with van der Waals surface area (Å²) < 4.78 is 0. The summed E-state index contributed by atoms with van der Waals surface area (Å²) >= 11 is 0. The first-order valence-corrected chi connectivity index (χ1v) is 10.8. The number of hydrogen-bond donors (Lipinski definition) is 1. The number of carbonyl (C=O) groups is 1. The molecule has 1 amide bonds. The van der Waals surface area contributed by atoms with E-state index in [4.69, 9.17) is 0 Å². The van der Waals surface area contributed by atoms with E-state index in [1.165, 1.54) is 23.2 Å².